The second-order valence-corrected chi connectivity index (χ2v) is 3.06. The van der Waals surface area contributed by atoms with E-state index in [0.717, 1.165) is 0 Å². The Kier molecular flexibility index (Phi) is 2.40. The molecule has 0 saturated carbocycles. The van der Waals surface area contributed by atoms with Crippen LogP contribution in [-0.4, -0.2) is 20.6 Å². The second kappa shape index (κ2) is 3.87. The molecule has 0 saturated heterocycles. The monoisotopic (exact) mass is 213 g/mol. The number of hydrogen-bond donors (Lipinski definition) is 1. The van der Waals surface area contributed by atoms with E-state index in [2.05, 4.69) is 4.98 Å². The standard InChI is InChI=1S/C11H7N3O2/c12-7-8-3-2-6-14(8)10-5-1-4-9(13-10)11(15)16/h1-6H,(H,15,16). The molecule has 0 aromatic carbocycles. The van der Waals surface area contributed by atoms with Crippen LogP contribution in [0.2, 0.25) is 0 Å². The fourth-order valence-electron chi connectivity index (χ4n) is 1.35. The van der Waals surface area contributed by atoms with Gasteiger partial charge in [-0.25, -0.2) is 9.78 Å². The van der Waals surface area contributed by atoms with E-state index in [0.29, 0.717) is 11.5 Å². The van der Waals surface area contributed by atoms with Crippen molar-refractivity contribution in [3.63, 3.8) is 0 Å². The summed E-state index contributed by atoms with van der Waals surface area (Å²) in [5.74, 6) is -0.672. The van der Waals surface area contributed by atoms with Crippen molar-refractivity contribution in [1.82, 2.24) is 9.55 Å². The predicted molar refractivity (Wildman–Crippen MR) is 55.2 cm³/mol. The third kappa shape index (κ3) is 1.64. The van der Waals surface area contributed by atoms with Crippen LogP contribution < -0.4 is 0 Å². The highest BCUT2D eigenvalue weighted by Gasteiger charge is 2.08. The molecule has 0 aliphatic rings. The summed E-state index contributed by atoms with van der Waals surface area (Å²) >= 11 is 0. The van der Waals surface area contributed by atoms with Gasteiger partial charge in [-0.2, -0.15) is 5.26 Å². The third-order valence-electron chi connectivity index (χ3n) is 2.06. The van der Waals surface area contributed by atoms with Gasteiger partial charge in [0.05, 0.1) is 0 Å². The fraction of sp³-hybridized carbons (Fsp3) is 0. The van der Waals surface area contributed by atoms with Gasteiger partial charge < -0.3 is 5.11 Å². The molecule has 5 heteroatoms. The maximum atomic E-state index is 10.7. The number of hydrogen-bond acceptors (Lipinski definition) is 3. The second-order valence-electron chi connectivity index (χ2n) is 3.06. The number of rotatable bonds is 2. The minimum atomic E-state index is -1.09. The van der Waals surface area contributed by atoms with Gasteiger partial charge in [0.1, 0.15) is 17.6 Å². The van der Waals surface area contributed by atoms with Crippen molar-refractivity contribution < 1.29 is 9.90 Å². The highest BCUT2D eigenvalue weighted by molar-refractivity contribution is 5.85. The molecule has 2 rings (SSSR count). The van der Waals surface area contributed by atoms with Crippen LogP contribution in [0.25, 0.3) is 5.82 Å². The largest absolute Gasteiger partial charge is 0.477 e. The quantitative estimate of drug-likeness (QED) is 0.818. The minimum Gasteiger partial charge on any atom is -0.477 e. The number of pyridine rings is 1. The van der Waals surface area contributed by atoms with Gasteiger partial charge in [0.25, 0.3) is 0 Å². The zero-order valence-corrected chi connectivity index (χ0v) is 8.16. The van der Waals surface area contributed by atoms with E-state index >= 15 is 0 Å². The summed E-state index contributed by atoms with van der Waals surface area (Å²) in [6.07, 6.45) is 1.66. The minimum absolute atomic E-state index is 0.0462. The summed E-state index contributed by atoms with van der Waals surface area (Å²) in [7, 11) is 0. The number of aromatic nitrogens is 2. The molecule has 0 aliphatic heterocycles. The lowest BCUT2D eigenvalue weighted by atomic mass is 10.3. The lowest BCUT2D eigenvalue weighted by Gasteiger charge is -2.03. The lowest BCUT2D eigenvalue weighted by molar-refractivity contribution is 0.0690. The van der Waals surface area contributed by atoms with Gasteiger partial charge in [0.15, 0.2) is 5.69 Å². The summed E-state index contributed by atoms with van der Waals surface area (Å²) in [5.41, 5.74) is 0.366. The van der Waals surface area contributed by atoms with Gasteiger partial charge in [-0.15, -0.1) is 0 Å². The molecule has 0 amide bonds. The molecule has 2 heterocycles. The SMILES string of the molecule is N#Cc1cccn1-c1cccc(C(=O)O)n1. The van der Waals surface area contributed by atoms with Crippen LogP contribution in [0.3, 0.4) is 0 Å². The van der Waals surface area contributed by atoms with E-state index < -0.39 is 5.97 Å². The lowest BCUT2D eigenvalue weighted by Crippen LogP contribution is -2.05. The van der Waals surface area contributed by atoms with Gasteiger partial charge >= 0.3 is 5.97 Å². The first-order valence-electron chi connectivity index (χ1n) is 4.50. The van der Waals surface area contributed by atoms with Crippen molar-refractivity contribution in [1.29, 1.82) is 5.26 Å². The first-order chi connectivity index (χ1) is 7.72. The fourth-order valence-corrected chi connectivity index (χ4v) is 1.35. The number of nitrogens with zero attached hydrogens (tertiary/aromatic N) is 3. The summed E-state index contributed by atoms with van der Waals surface area (Å²) in [4.78, 5) is 14.7. The maximum Gasteiger partial charge on any atom is 0.354 e. The van der Waals surface area contributed by atoms with Gasteiger partial charge in [-0.05, 0) is 24.3 Å². The molecule has 0 spiro atoms. The van der Waals surface area contributed by atoms with Crippen LogP contribution >= 0.6 is 0 Å². The molecule has 0 radical (unpaired) electrons. The highest BCUT2D eigenvalue weighted by atomic mass is 16.4. The van der Waals surface area contributed by atoms with E-state index in [4.69, 9.17) is 10.4 Å². The Morgan fingerprint density at radius 1 is 1.38 bits per heavy atom. The normalized spacial score (nSPS) is 9.69. The van der Waals surface area contributed by atoms with Crippen LogP contribution in [0.5, 0.6) is 0 Å². The van der Waals surface area contributed by atoms with Crippen LogP contribution in [-0.2, 0) is 0 Å². The van der Waals surface area contributed by atoms with Crippen LogP contribution in [0.1, 0.15) is 16.2 Å². The van der Waals surface area contributed by atoms with Gasteiger partial charge in [0, 0.05) is 6.20 Å². The zero-order chi connectivity index (χ0) is 11.5. The van der Waals surface area contributed by atoms with E-state index in [1.165, 1.54) is 10.6 Å². The highest BCUT2D eigenvalue weighted by Crippen LogP contribution is 2.10. The Balaban J connectivity index is 2.53. The number of aromatic carboxylic acids is 1. The first-order valence-corrected chi connectivity index (χ1v) is 4.50. The Labute approximate surface area is 91.2 Å². The number of carbonyl (C=O) groups is 1. The van der Waals surface area contributed by atoms with E-state index in [1.54, 1.807) is 30.5 Å². The smallest absolute Gasteiger partial charge is 0.354 e. The molecule has 0 bridgehead atoms. The molecule has 0 unspecified atom stereocenters. The molecule has 2 aromatic rings. The average Bonchev–Trinajstić information content (AvgIpc) is 2.77. The summed E-state index contributed by atoms with van der Waals surface area (Å²) in [6, 6.07) is 9.97. The van der Waals surface area contributed by atoms with Crippen molar-refractivity contribution >= 4 is 5.97 Å². The first kappa shape index (κ1) is 9.93. The third-order valence-corrected chi connectivity index (χ3v) is 2.06. The maximum absolute atomic E-state index is 10.7. The molecule has 78 valence electrons. The van der Waals surface area contributed by atoms with Crippen LogP contribution in [0.4, 0.5) is 0 Å². The molecule has 5 nitrogen and oxygen atoms in total. The van der Waals surface area contributed by atoms with E-state index in [-0.39, 0.29) is 5.69 Å². The summed E-state index contributed by atoms with van der Waals surface area (Å²) in [6.45, 7) is 0. The number of carboxylic acids is 1. The van der Waals surface area contributed by atoms with Crippen molar-refractivity contribution in [3.8, 4) is 11.9 Å². The predicted octanol–water partition coefficient (Wildman–Crippen LogP) is 1.44. The molecule has 16 heavy (non-hydrogen) atoms. The van der Waals surface area contributed by atoms with Gasteiger partial charge in [-0.1, -0.05) is 6.07 Å². The molecular formula is C11H7N3O2. The molecule has 0 atom stereocenters. The van der Waals surface area contributed by atoms with Gasteiger partial charge in [0.2, 0.25) is 0 Å². The molecule has 2 aromatic heterocycles. The number of carboxylic acid groups (broad SMARTS) is 1. The van der Waals surface area contributed by atoms with Crippen molar-refractivity contribution in [2.75, 3.05) is 0 Å². The topological polar surface area (TPSA) is 78.9 Å². The zero-order valence-electron chi connectivity index (χ0n) is 8.16. The van der Waals surface area contributed by atoms with E-state index in [1.807, 2.05) is 6.07 Å². The van der Waals surface area contributed by atoms with Gasteiger partial charge in [-0.3, -0.25) is 4.57 Å². The number of nitriles is 1. The molecular weight excluding hydrogens is 206 g/mol. The van der Waals surface area contributed by atoms with Crippen molar-refractivity contribution in [3.05, 3.63) is 47.9 Å². The van der Waals surface area contributed by atoms with Crippen LogP contribution in [0.15, 0.2) is 36.5 Å². The Morgan fingerprint density at radius 3 is 2.88 bits per heavy atom. The summed E-state index contributed by atoms with van der Waals surface area (Å²) < 4.78 is 1.53. The average molecular weight is 213 g/mol. The van der Waals surface area contributed by atoms with Crippen molar-refractivity contribution in [2.45, 2.75) is 0 Å². The molecule has 0 fully saturated rings. The summed E-state index contributed by atoms with van der Waals surface area (Å²) in [5, 5.41) is 17.6. The Morgan fingerprint density at radius 2 is 2.19 bits per heavy atom. The van der Waals surface area contributed by atoms with Crippen molar-refractivity contribution in [2.24, 2.45) is 0 Å². The Hall–Kier alpha value is -2.61. The molecule has 1 N–H and O–H groups in total. The van der Waals surface area contributed by atoms with E-state index in [9.17, 15) is 4.79 Å². The van der Waals surface area contributed by atoms with Crippen LogP contribution in [0, 0.1) is 11.3 Å². The Bertz CT molecular complexity index is 581. The molecule has 0 aliphatic carbocycles.